The molecule has 0 aromatic heterocycles. The van der Waals surface area contributed by atoms with Crippen LogP contribution in [0.3, 0.4) is 0 Å². The van der Waals surface area contributed by atoms with Crippen LogP contribution in [0.2, 0.25) is 0 Å². The third-order valence-corrected chi connectivity index (χ3v) is 6.91. The molecule has 7 heteroatoms. The van der Waals surface area contributed by atoms with Crippen LogP contribution in [0.1, 0.15) is 24.8 Å². The van der Waals surface area contributed by atoms with Gasteiger partial charge in [0.2, 0.25) is 0 Å². The number of esters is 2. The first-order valence-corrected chi connectivity index (χ1v) is 10.7. The van der Waals surface area contributed by atoms with Gasteiger partial charge in [0.25, 0.3) is 0 Å². The Bertz CT molecular complexity index is 873. The van der Waals surface area contributed by atoms with Crippen molar-refractivity contribution in [2.45, 2.75) is 30.1 Å². The van der Waals surface area contributed by atoms with Gasteiger partial charge in [-0.05, 0) is 54.8 Å². The molecule has 0 radical (unpaired) electrons. The summed E-state index contributed by atoms with van der Waals surface area (Å²) in [6, 6.07) is 12.8. The summed E-state index contributed by atoms with van der Waals surface area (Å²) < 4.78 is 37.8. The minimum atomic E-state index is -4.00. The van der Waals surface area contributed by atoms with Crippen LogP contribution in [0, 0.1) is 0 Å². The van der Waals surface area contributed by atoms with E-state index in [1.807, 2.05) is 12.1 Å². The van der Waals surface area contributed by atoms with E-state index in [0.29, 0.717) is 0 Å². The fourth-order valence-corrected chi connectivity index (χ4v) is 5.17. The van der Waals surface area contributed by atoms with Crippen molar-refractivity contribution >= 4 is 28.9 Å². The molecule has 0 N–H and O–H groups in total. The van der Waals surface area contributed by atoms with E-state index >= 15 is 0 Å². The molecule has 3 rings (SSSR count). The zero-order chi connectivity index (χ0) is 20.9. The molecule has 1 heterocycles. The summed E-state index contributed by atoms with van der Waals surface area (Å²) in [6.45, 7) is 3.57. The van der Waals surface area contributed by atoms with Gasteiger partial charge in [0.15, 0.2) is 4.90 Å². The van der Waals surface area contributed by atoms with Gasteiger partial charge in [0, 0.05) is 10.9 Å². The summed E-state index contributed by atoms with van der Waals surface area (Å²) in [5, 5.41) is 0. The number of hydrogen-bond acceptors (Lipinski definition) is 4. The van der Waals surface area contributed by atoms with E-state index in [1.54, 1.807) is 30.3 Å². The summed E-state index contributed by atoms with van der Waals surface area (Å²) in [5.41, 5.74) is 0.750. The summed E-state index contributed by atoms with van der Waals surface area (Å²) in [5.74, 6) is -4.57. The first kappa shape index (κ1) is 21.0. The maximum absolute atomic E-state index is 14.1. The fourth-order valence-electron chi connectivity index (χ4n) is 2.87. The van der Waals surface area contributed by atoms with Crippen molar-refractivity contribution < 1.29 is 27.8 Å². The van der Waals surface area contributed by atoms with Gasteiger partial charge >= 0.3 is 17.9 Å². The zero-order valence-corrected chi connectivity index (χ0v) is 16.6. The van der Waals surface area contributed by atoms with Gasteiger partial charge in [-0.3, -0.25) is 4.79 Å². The zero-order valence-electron chi connectivity index (χ0n) is 15.7. The van der Waals surface area contributed by atoms with Gasteiger partial charge in [0.1, 0.15) is 29.4 Å². The van der Waals surface area contributed by atoms with Crippen LogP contribution in [-0.2, 0) is 20.5 Å². The molecule has 0 atom stereocenters. The minimum absolute atomic E-state index is 0.0445. The average molecular weight is 419 g/mol. The van der Waals surface area contributed by atoms with Crippen LogP contribution in [0.25, 0.3) is 6.08 Å². The van der Waals surface area contributed by atoms with Gasteiger partial charge < -0.3 is 9.47 Å². The highest BCUT2D eigenvalue weighted by Crippen LogP contribution is 2.27. The second-order valence-corrected chi connectivity index (χ2v) is 8.87. The Hall–Kier alpha value is -2.67. The number of hydrogen-bond donors (Lipinski definition) is 0. The van der Waals surface area contributed by atoms with Crippen LogP contribution in [0.15, 0.2) is 60.0 Å². The molecule has 0 spiro atoms. The molecule has 0 bridgehead atoms. The van der Waals surface area contributed by atoms with Crippen molar-refractivity contribution in [2.75, 3.05) is 11.5 Å². The lowest BCUT2D eigenvalue weighted by Gasteiger charge is -2.14. The first-order chi connectivity index (χ1) is 13.9. The van der Waals surface area contributed by atoms with Gasteiger partial charge in [-0.25, -0.2) is 4.79 Å². The quantitative estimate of drug-likeness (QED) is 0.373. The van der Waals surface area contributed by atoms with Crippen LogP contribution < -0.4 is 9.47 Å². The normalized spacial score (nSPS) is 14.4. The first-order valence-electron chi connectivity index (χ1n) is 9.18. The third kappa shape index (κ3) is 5.67. The fraction of sp³-hybridized carbons (Fsp3) is 0.273. The Kier molecular flexibility index (Phi) is 6.69. The lowest BCUT2D eigenvalue weighted by molar-refractivity contribution is -0.168. The lowest BCUT2D eigenvalue weighted by Crippen LogP contribution is -2.36. The van der Waals surface area contributed by atoms with E-state index in [9.17, 15) is 18.4 Å². The predicted molar refractivity (Wildman–Crippen MR) is 108 cm³/mol. The number of carbonyl (C=O) groups excluding carboxylic acids is 2. The highest BCUT2D eigenvalue weighted by molar-refractivity contribution is 7.97. The van der Waals surface area contributed by atoms with Crippen molar-refractivity contribution in [2.24, 2.45) is 0 Å². The monoisotopic (exact) mass is 419 g/mol. The molecular weight excluding hydrogens is 398 g/mol. The summed E-state index contributed by atoms with van der Waals surface area (Å²) in [6.07, 6.45) is 2.59. The highest BCUT2D eigenvalue weighted by atomic mass is 32.2. The molecule has 2 aromatic rings. The van der Waals surface area contributed by atoms with Crippen molar-refractivity contribution in [3.05, 3.63) is 60.7 Å². The van der Waals surface area contributed by atoms with Crippen molar-refractivity contribution in [1.29, 1.82) is 0 Å². The SMILES string of the molecule is C=Cc1ccc(OC(=O)C(F)(F)CC(=O)Oc2ccc([S+]3CCCC3)cc2)cc1. The van der Waals surface area contributed by atoms with E-state index < -0.39 is 24.3 Å². The molecular formula is C22H21F2O4S+. The van der Waals surface area contributed by atoms with Crippen LogP contribution in [0.4, 0.5) is 8.78 Å². The molecule has 1 aliphatic rings. The number of carbonyl (C=O) groups is 2. The maximum atomic E-state index is 14.1. The predicted octanol–water partition coefficient (Wildman–Crippen LogP) is 4.64. The van der Waals surface area contributed by atoms with E-state index in [-0.39, 0.29) is 22.4 Å². The van der Waals surface area contributed by atoms with Crippen molar-refractivity contribution in [1.82, 2.24) is 0 Å². The van der Waals surface area contributed by atoms with E-state index in [1.165, 1.54) is 29.9 Å². The smallest absolute Gasteiger partial charge is 0.383 e. The standard InChI is InChI=1S/C22H21F2O4S/c1-2-16-5-7-18(8-6-16)28-21(26)22(23,24)15-20(25)27-17-9-11-19(12-10-17)29-13-3-4-14-29/h2,5-12H,1,3-4,13-15H2/q+1. The molecule has 29 heavy (non-hydrogen) atoms. The third-order valence-electron chi connectivity index (χ3n) is 4.41. The molecule has 0 unspecified atom stereocenters. The van der Waals surface area contributed by atoms with Crippen molar-refractivity contribution in [3.63, 3.8) is 0 Å². The number of benzene rings is 2. The molecule has 4 nitrogen and oxygen atoms in total. The summed E-state index contributed by atoms with van der Waals surface area (Å²) in [7, 11) is 0.217. The molecule has 0 amide bonds. The van der Waals surface area contributed by atoms with Crippen LogP contribution >= 0.6 is 0 Å². The van der Waals surface area contributed by atoms with Gasteiger partial charge in [0.05, 0.1) is 0 Å². The average Bonchev–Trinajstić information content (AvgIpc) is 3.23. The largest absolute Gasteiger partial charge is 0.426 e. The summed E-state index contributed by atoms with van der Waals surface area (Å²) >= 11 is 0. The number of rotatable bonds is 7. The molecule has 1 fully saturated rings. The van der Waals surface area contributed by atoms with E-state index in [0.717, 1.165) is 17.1 Å². The highest BCUT2D eigenvalue weighted by Gasteiger charge is 2.44. The number of ether oxygens (including phenoxy) is 2. The van der Waals surface area contributed by atoms with E-state index in [4.69, 9.17) is 4.74 Å². The molecule has 1 aliphatic heterocycles. The summed E-state index contributed by atoms with van der Waals surface area (Å²) in [4.78, 5) is 24.8. The maximum Gasteiger partial charge on any atom is 0.383 e. The van der Waals surface area contributed by atoms with Gasteiger partial charge in [-0.2, -0.15) is 8.78 Å². The van der Waals surface area contributed by atoms with Gasteiger partial charge in [-0.15, -0.1) is 0 Å². The van der Waals surface area contributed by atoms with Crippen LogP contribution in [0.5, 0.6) is 11.5 Å². The number of halogens is 2. The molecule has 1 saturated heterocycles. The Morgan fingerprint density at radius 2 is 1.52 bits per heavy atom. The van der Waals surface area contributed by atoms with Crippen LogP contribution in [-0.4, -0.2) is 29.4 Å². The topological polar surface area (TPSA) is 52.6 Å². The second-order valence-electron chi connectivity index (χ2n) is 6.60. The molecule has 0 aliphatic carbocycles. The second kappa shape index (κ2) is 9.22. The lowest BCUT2D eigenvalue weighted by atomic mass is 10.2. The Balaban J connectivity index is 1.54. The Labute approximate surface area is 170 Å². The van der Waals surface area contributed by atoms with E-state index in [2.05, 4.69) is 11.3 Å². The van der Waals surface area contributed by atoms with Gasteiger partial charge in [-0.1, -0.05) is 24.8 Å². The molecule has 152 valence electrons. The minimum Gasteiger partial charge on any atom is -0.426 e. The molecule has 2 aromatic carbocycles. The Morgan fingerprint density at radius 3 is 2.10 bits per heavy atom. The number of alkyl halides is 2. The Morgan fingerprint density at radius 1 is 0.966 bits per heavy atom. The van der Waals surface area contributed by atoms with Crippen molar-refractivity contribution in [3.8, 4) is 11.5 Å². The molecule has 0 saturated carbocycles.